The molecule has 4 heteroatoms. The summed E-state index contributed by atoms with van der Waals surface area (Å²) in [5.41, 5.74) is 1.25. The number of hydrogen-bond donors (Lipinski definition) is 1. The Morgan fingerprint density at radius 1 is 1.79 bits per heavy atom. The number of nitrogens with zero attached hydrogens (tertiary/aromatic N) is 1. The Balaban J connectivity index is 2.69. The Morgan fingerprint density at radius 3 is 3.21 bits per heavy atom. The fourth-order valence-corrected chi connectivity index (χ4v) is 0.983. The van der Waals surface area contributed by atoms with Crippen LogP contribution < -0.4 is 0 Å². The normalized spacial score (nSPS) is 10.0. The Morgan fingerprint density at radius 2 is 2.57 bits per heavy atom. The van der Waals surface area contributed by atoms with E-state index in [4.69, 9.17) is 5.26 Å². The van der Waals surface area contributed by atoms with Crippen molar-refractivity contribution in [3.8, 4) is 6.07 Å². The van der Waals surface area contributed by atoms with Gasteiger partial charge in [-0.05, 0) is 11.6 Å². The molecule has 1 aromatic rings. The molecule has 72 valence electrons. The minimum atomic E-state index is -0.398. The van der Waals surface area contributed by atoms with Crippen LogP contribution in [0.1, 0.15) is 22.5 Å². The number of nitriles is 1. The lowest BCUT2D eigenvalue weighted by atomic mass is 10.2. The molecule has 0 saturated carbocycles. The average Bonchev–Trinajstić information content (AvgIpc) is 2.66. The Hall–Kier alpha value is -2.02. The summed E-state index contributed by atoms with van der Waals surface area (Å²) >= 11 is 0. The summed E-state index contributed by atoms with van der Waals surface area (Å²) in [7, 11) is 1.33. The van der Waals surface area contributed by atoms with E-state index in [1.807, 2.05) is 6.07 Å². The fourth-order valence-electron chi connectivity index (χ4n) is 0.983. The van der Waals surface area contributed by atoms with Gasteiger partial charge < -0.3 is 9.72 Å². The third-order valence-corrected chi connectivity index (χ3v) is 1.63. The highest BCUT2D eigenvalue weighted by Crippen LogP contribution is 2.06. The van der Waals surface area contributed by atoms with Crippen molar-refractivity contribution in [2.24, 2.45) is 0 Å². The number of nitrogens with one attached hydrogen (secondary N) is 1. The fraction of sp³-hybridized carbons (Fsp3) is 0.200. The van der Waals surface area contributed by atoms with Crippen LogP contribution in [0.2, 0.25) is 0 Å². The van der Waals surface area contributed by atoms with E-state index in [0.29, 0.717) is 12.1 Å². The Kier molecular flexibility index (Phi) is 3.50. The van der Waals surface area contributed by atoms with Crippen LogP contribution in [0.5, 0.6) is 0 Å². The third-order valence-electron chi connectivity index (χ3n) is 1.63. The predicted octanol–water partition coefficient (Wildman–Crippen LogP) is 1.73. The minimum Gasteiger partial charge on any atom is -0.464 e. The summed E-state index contributed by atoms with van der Waals surface area (Å²) < 4.78 is 4.53. The lowest BCUT2D eigenvalue weighted by molar-refractivity contribution is 0.0595. The van der Waals surface area contributed by atoms with E-state index in [-0.39, 0.29) is 0 Å². The van der Waals surface area contributed by atoms with Crippen molar-refractivity contribution in [3.63, 3.8) is 0 Å². The first kappa shape index (κ1) is 10.1. The molecule has 0 aliphatic rings. The smallest absolute Gasteiger partial charge is 0.354 e. The highest BCUT2D eigenvalue weighted by Gasteiger charge is 2.05. The van der Waals surface area contributed by atoms with Gasteiger partial charge in [-0.15, -0.1) is 0 Å². The van der Waals surface area contributed by atoms with Gasteiger partial charge in [0.1, 0.15) is 5.69 Å². The largest absolute Gasteiger partial charge is 0.464 e. The highest BCUT2D eigenvalue weighted by molar-refractivity contribution is 5.88. The molecule has 0 saturated heterocycles. The molecule has 0 radical (unpaired) electrons. The van der Waals surface area contributed by atoms with Gasteiger partial charge in [0.2, 0.25) is 0 Å². The lowest BCUT2D eigenvalue weighted by Crippen LogP contribution is -2.00. The molecule has 4 nitrogen and oxygen atoms in total. The highest BCUT2D eigenvalue weighted by atomic mass is 16.5. The standard InChI is InChI=1S/C10H10N2O2/c1-14-10(13)9-6-8(7-12-9)4-2-3-5-11/h2,4,6-7,12H,3H2,1H3. The van der Waals surface area contributed by atoms with Crippen molar-refractivity contribution in [3.05, 3.63) is 29.6 Å². The summed E-state index contributed by atoms with van der Waals surface area (Å²) in [5, 5.41) is 8.29. The molecular weight excluding hydrogens is 180 g/mol. The molecule has 0 aromatic carbocycles. The number of carbonyl (C=O) groups excluding carboxylic acids is 1. The first-order valence-electron chi connectivity index (χ1n) is 4.08. The number of carbonyl (C=O) groups is 1. The molecule has 0 bridgehead atoms. The Labute approximate surface area is 81.8 Å². The van der Waals surface area contributed by atoms with E-state index in [1.54, 1.807) is 24.4 Å². The number of hydrogen-bond acceptors (Lipinski definition) is 3. The number of esters is 1. The molecule has 14 heavy (non-hydrogen) atoms. The van der Waals surface area contributed by atoms with E-state index >= 15 is 0 Å². The molecule has 0 fully saturated rings. The van der Waals surface area contributed by atoms with Crippen molar-refractivity contribution in [1.29, 1.82) is 5.26 Å². The van der Waals surface area contributed by atoms with Gasteiger partial charge in [-0.1, -0.05) is 12.2 Å². The van der Waals surface area contributed by atoms with Crippen molar-refractivity contribution < 1.29 is 9.53 Å². The van der Waals surface area contributed by atoms with E-state index in [2.05, 4.69) is 9.72 Å². The molecular formula is C10H10N2O2. The molecule has 0 aliphatic heterocycles. The van der Waals surface area contributed by atoms with E-state index < -0.39 is 5.97 Å². The van der Waals surface area contributed by atoms with Crippen LogP contribution >= 0.6 is 0 Å². The van der Waals surface area contributed by atoms with Gasteiger partial charge >= 0.3 is 5.97 Å². The third kappa shape index (κ3) is 2.49. The maximum atomic E-state index is 11.0. The summed E-state index contributed by atoms with van der Waals surface area (Å²) in [6.45, 7) is 0. The van der Waals surface area contributed by atoms with Gasteiger partial charge in [0, 0.05) is 6.20 Å². The lowest BCUT2D eigenvalue weighted by Gasteiger charge is -1.91. The summed E-state index contributed by atoms with van der Waals surface area (Å²) in [6, 6.07) is 3.66. The molecule has 1 N–H and O–H groups in total. The minimum absolute atomic E-state index is 0.360. The van der Waals surface area contributed by atoms with Crippen LogP contribution in [0.4, 0.5) is 0 Å². The molecule has 0 amide bonds. The van der Waals surface area contributed by atoms with Crippen LogP contribution in [0.15, 0.2) is 18.3 Å². The first-order chi connectivity index (χ1) is 6.77. The second kappa shape index (κ2) is 4.87. The van der Waals surface area contributed by atoms with Gasteiger partial charge in [0.15, 0.2) is 0 Å². The van der Waals surface area contributed by atoms with Gasteiger partial charge in [-0.25, -0.2) is 4.79 Å². The van der Waals surface area contributed by atoms with Crippen molar-refractivity contribution in [2.45, 2.75) is 6.42 Å². The molecule has 1 rings (SSSR count). The number of aromatic nitrogens is 1. The average molecular weight is 190 g/mol. The van der Waals surface area contributed by atoms with E-state index in [0.717, 1.165) is 5.56 Å². The van der Waals surface area contributed by atoms with Crippen molar-refractivity contribution in [1.82, 2.24) is 4.98 Å². The second-order valence-electron chi connectivity index (χ2n) is 2.60. The number of methoxy groups -OCH3 is 1. The molecule has 0 aliphatic carbocycles. The van der Waals surface area contributed by atoms with Gasteiger partial charge in [-0.2, -0.15) is 5.26 Å². The Bertz CT molecular complexity index is 385. The monoisotopic (exact) mass is 190 g/mol. The maximum Gasteiger partial charge on any atom is 0.354 e. The van der Waals surface area contributed by atoms with Crippen LogP contribution in [-0.4, -0.2) is 18.1 Å². The van der Waals surface area contributed by atoms with Crippen LogP contribution in [0, 0.1) is 11.3 Å². The van der Waals surface area contributed by atoms with Crippen LogP contribution in [0.25, 0.3) is 6.08 Å². The zero-order chi connectivity index (χ0) is 10.4. The van der Waals surface area contributed by atoms with Crippen molar-refractivity contribution >= 4 is 12.0 Å². The zero-order valence-electron chi connectivity index (χ0n) is 7.78. The summed E-state index contributed by atoms with van der Waals surface area (Å²) in [4.78, 5) is 13.8. The molecule has 0 atom stereocenters. The number of ether oxygens (including phenoxy) is 1. The number of allylic oxidation sites excluding steroid dienone is 1. The second-order valence-corrected chi connectivity index (χ2v) is 2.60. The number of rotatable bonds is 3. The molecule has 0 spiro atoms. The van der Waals surface area contributed by atoms with Gasteiger partial charge in [-0.3, -0.25) is 0 Å². The topological polar surface area (TPSA) is 65.9 Å². The predicted molar refractivity (Wildman–Crippen MR) is 51.4 cm³/mol. The van der Waals surface area contributed by atoms with Crippen LogP contribution in [0.3, 0.4) is 0 Å². The summed E-state index contributed by atoms with van der Waals surface area (Å²) in [6.07, 6.45) is 5.54. The van der Waals surface area contributed by atoms with Crippen LogP contribution in [-0.2, 0) is 4.74 Å². The SMILES string of the molecule is COC(=O)c1cc(C=CCC#N)c[nH]1. The van der Waals surface area contributed by atoms with Gasteiger partial charge in [0.25, 0.3) is 0 Å². The number of aromatic amines is 1. The van der Waals surface area contributed by atoms with Crippen molar-refractivity contribution in [2.75, 3.05) is 7.11 Å². The molecule has 0 unspecified atom stereocenters. The van der Waals surface area contributed by atoms with E-state index in [1.165, 1.54) is 7.11 Å². The van der Waals surface area contributed by atoms with E-state index in [9.17, 15) is 4.79 Å². The quantitative estimate of drug-likeness (QED) is 0.738. The molecule has 1 aromatic heterocycles. The maximum absolute atomic E-state index is 11.0. The zero-order valence-corrected chi connectivity index (χ0v) is 7.78. The first-order valence-corrected chi connectivity index (χ1v) is 4.08. The summed E-state index contributed by atoms with van der Waals surface area (Å²) in [5.74, 6) is -0.398. The molecule has 1 heterocycles. The number of H-pyrrole nitrogens is 1. The van der Waals surface area contributed by atoms with Gasteiger partial charge in [0.05, 0.1) is 19.6 Å².